The molecule has 140 valence electrons. The summed E-state index contributed by atoms with van der Waals surface area (Å²) in [5, 5.41) is 2.84. The minimum absolute atomic E-state index is 0.0569. The SMILES string of the molecule is CC(=O)c1cccc(NC(=O)C2CCN(C(=O)c3ccccc3F)CC2)c1. The van der Waals surface area contributed by atoms with Gasteiger partial charge in [-0.15, -0.1) is 0 Å². The highest BCUT2D eigenvalue weighted by Gasteiger charge is 2.28. The van der Waals surface area contributed by atoms with Crippen LogP contribution in [0.15, 0.2) is 48.5 Å². The van der Waals surface area contributed by atoms with Crippen molar-refractivity contribution in [3.63, 3.8) is 0 Å². The highest BCUT2D eigenvalue weighted by atomic mass is 19.1. The van der Waals surface area contributed by atoms with E-state index in [0.29, 0.717) is 37.2 Å². The molecule has 6 heteroatoms. The average Bonchev–Trinajstić information content (AvgIpc) is 2.68. The molecule has 1 aliphatic heterocycles. The summed E-state index contributed by atoms with van der Waals surface area (Å²) < 4.78 is 13.8. The molecule has 2 amide bonds. The van der Waals surface area contributed by atoms with Crippen LogP contribution in [0.4, 0.5) is 10.1 Å². The van der Waals surface area contributed by atoms with Crippen LogP contribution in [0, 0.1) is 11.7 Å². The Morgan fingerprint density at radius 1 is 1.04 bits per heavy atom. The van der Waals surface area contributed by atoms with Crippen molar-refractivity contribution in [2.45, 2.75) is 19.8 Å². The lowest BCUT2D eigenvalue weighted by Crippen LogP contribution is -2.41. The number of carbonyl (C=O) groups is 3. The third kappa shape index (κ3) is 4.39. The van der Waals surface area contributed by atoms with Gasteiger partial charge in [-0.3, -0.25) is 14.4 Å². The van der Waals surface area contributed by atoms with Crippen LogP contribution >= 0.6 is 0 Å². The molecule has 0 atom stereocenters. The Morgan fingerprint density at radius 3 is 2.41 bits per heavy atom. The number of Topliss-reactive ketones (excluding diaryl/α,β-unsaturated/α-hetero) is 1. The molecule has 3 rings (SSSR count). The maximum atomic E-state index is 13.8. The second-order valence-corrected chi connectivity index (χ2v) is 6.67. The molecule has 1 saturated heterocycles. The summed E-state index contributed by atoms with van der Waals surface area (Å²) in [5.41, 5.74) is 1.18. The molecule has 5 nitrogen and oxygen atoms in total. The number of piperidine rings is 1. The van der Waals surface area contributed by atoms with Crippen molar-refractivity contribution in [2.75, 3.05) is 18.4 Å². The second-order valence-electron chi connectivity index (χ2n) is 6.67. The molecular formula is C21H21FN2O3. The number of amides is 2. The number of nitrogens with one attached hydrogen (secondary N) is 1. The summed E-state index contributed by atoms with van der Waals surface area (Å²) in [6.07, 6.45) is 1.02. The molecule has 2 aromatic rings. The van der Waals surface area contributed by atoms with Gasteiger partial charge in [0, 0.05) is 30.3 Å². The van der Waals surface area contributed by atoms with Crippen molar-refractivity contribution in [3.8, 4) is 0 Å². The van der Waals surface area contributed by atoms with Gasteiger partial charge >= 0.3 is 0 Å². The summed E-state index contributed by atoms with van der Waals surface area (Å²) in [6, 6.07) is 12.7. The van der Waals surface area contributed by atoms with Gasteiger partial charge in [0.2, 0.25) is 5.91 Å². The molecule has 2 aromatic carbocycles. The molecule has 0 unspecified atom stereocenters. The quantitative estimate of drug-likeness (QED) is 0.840. The molecular weight excluding hydrogens is 347 g/mol. The lowest BCUT2D eigenvalue weighted by Gasteiger charge is -2.31. The number of rotatable bonds is 4. The molecule has 27 heavy (non-hydrogen) atoms. The third-order valence-electron chi connectivity index (χ3n) is 4.79. The molecule has 0 aromatic heterocycles. The number of ketones is 1. The Morgan fingerprint density at radius 2 is 1.74 bits per heavy atom. The lowest BCUT2D eigenvalue weighted by atomic mass is 9.95. The fourth-order valence-corrected chi connectivity index (χ4v) is 3.21. The van der Waals surface area contributed by atoms with Crippen molar-refractivity contribution >= 4 is 23.3 Å². The molecule has 1 aliphatic rings. The van der Waals surface area contributed by atoms with Crippen LogP contribution in [-0.4, -0.2) is 35.6 Å². The van der Waals surface area contributed by atoms with Crippen LogP contribution in [-0.2, 0) is 4.79 Å². The molecule has 0 bridgehead atoms. The number of hydrogen-bond donors (Lipinski definition) is 1. The summed E-state index contributed by atoms with van der Waals surface area (Å²) in [5.74, 6) is -1.30. The number of hydrogen-bond acceptors (Lipinski definition) is 3. The van der Waals surface area contributed by atoms with Gasteiger partial charge in [-0.05, 0) is 44.0 Å². The Balaban J connectivity index is 1.58. The molecule has 1 fully saturated rings. The van der Waals surface area contributed by atoms with Crippen molar-refractivity contribution in [1.29, 1.82) is 0 Å². The van der Waals surface area contributed by atoms with Crippen LogP contribution in [0.1, 0.15) is 40.5 Å². The van der Waals surface area contributed by atoms with E-state index in [1.807, 2.05) is 0 Å². The minimum atomic E-state index is -0.535. The first-order valence-corrected chi connectivity index (χ1v) is 8.91. The zero-order chi connectivity index (χ0) is 19.4. The molecule has 0 spiro atoms. The predicted octanol–water partition coefficient (Wildman–Crippen LogP) is 3.52. The smallest absolute Gasteiger partial charge is 0.256 e. The van der Waals surface area contributed by atoms with Crippen LogP contribution in [0.5, 0.6) is 0 Å². The van der Waals surface area contributed by atoms with Gasteiger partial charge in [-0.2, -0.15) is 0 Å². The van der Waals surface area contributed by atoms with Gasteiger partial charge in [0.05, 0.1) is 5.56 Å². The van der Waals surface area contributed by atoms with E-state index in [0.717, 1.165) is 0 Å². The Kier molecular flexibility index (Phi) is 5.64. The molecule has 0 saturated carbocycles. The lowest BCUT2D eigenvalue weighted by molar-refractivity contribution is -0.121. The standard InChI is InChI=1S/C21H21FN2O3/c1-14(25)16-5-4-6-17(13-16)23-20(26)15-9-11-24(12-10-15)21(27)18-7-2-3-8-19(18)22/h2-8,13,15H,9-12H2,1H3,(H,23,26). The fraction of sp³-hybridized carbons (Fsp3) is 0.286. The first-order valence-electron chi connectivity index (χ1n) is 8.91. The normalized spacial score (nSPS) is 14.7. The van der Waals surface area contributed by atoms with E-state index in [1.165, 1.54) is 19.1 Å². The molecule has 1 N–H and O–H groups in total. The van der Waals surface area contributed by atoms with Crippen molar-refractivity contribution < 1.29 is 18.8 Å². The van der Waals surface area contributed by atoms with Gasteiger partial charge < -0.3 is 10.2 Å². The van der Waals surface area contributed by atoms with Crippen LogP contribution in [0.2, 0.25) is 0 Å². The summed E-state index contributed by atoms with van der Waals surface area (Å²) in [4.78, 5) is 38.0. The maximum Gasteiger partial charge on any atom is 0.256 e. The average molecular weight is 368 g/mol. The van der Waals surface area contributed by atoms with Gasteiger partial charge in [-0.1, -0.05) is 24.3 Å². The third-order valence-corrected chi connectivity index (χ3v) is 4.79. The number of benzene rings is 2. The number of anilines is 1. The number of likely N-dealkylation sites (tertiary alicyclic amines) is 1. The van der Waals surface area contributed by atoms with Gasteiger partial charge in [-0.25, -0.2) is 4.39 Å². The van der Waals surface area contributed by atoms with E-state index >= 15 is 0 Å². The van der Waals surface area contributed by atoms with E-state index < -0.39 is 5.82 Å². The van der Waals surface area contributed by atoms with Gasteiger partial charge in [0.25, 0.3) is 5.91 Å². The monoisotopic (exact) mass is 368 g/mol. The topological polar surface area (TPSA) is 66.5 Å². The van der Waals surface area contributed by atoms with Crippen molar-refractivity contribution in [1.82, 2.24) is 4.90 Å². The second kappa shape index (κ2) is 8.12. The van der Waals surface area contributed by atoms with Crippen molar-refractivity contribution in [3.05, 3.63) is 65.5 Å². The highest BCUT2D eigenvalue weighted by molar-refractivity contribution is 5.98. The Hall–Kier alpha value is -3.02. The maximum absolute atomic E-state index is 13.8. The van der Waals surface area contributed by atoms with E-state index in [-0.39, 0.29) is 29.1 Å². The van der Waals surface area contributed by atoms with Crippen LogP contribution in [0.3, 0.4) is 0 Å². The first-order chi connectivity index (χ1) is 13.0. The summed E-state index contributed by atoms with van der Waals surface area (Å²) in [6.45, 7) is 2.28. The Labute approximate surface area is 157 Å². The number of halogens is 1. The zero-order valence-corrected chi connectivity index (χ0v) is 15.1. The van der Waals surface area contributed by atoms with Crippen molar-refractivity contribution in [2.24, 2.45) is 5.92 Å². The predicted molar refractivity (Wildman–Crippen MR) is 100 cm³/mol. The largest absolute Gasteiger partial charge is 0.339 e. The highest BCUT2D eigenvalue weighted by Crippen LogP contribution is 2.22. The van der Waals surface area contributed by atoms with Crippen LogP contribution in [0.25, 0.3) is 0 Å². The van der Waals surface area contributed by atoms with Crippen LogP contribution < -0.4 is 5.32 Å². The van der Waals surface area contributed by atoms with E-state index in [1.54, 1.807) is 41.3 Å². The van der Waals surface area contributed by atoms with E-state index in [9.17, 15) is 18.8 Å². The number of carbonyl (C=O) groups excluding carboxylic acids is 3. The van der Waals surface area contributed by atoms with Gasteiger partial charge in [0.1, 0.15) is 5.82 Å². The summed E-state index contributed by atoms with van der Waals surface area (Å²) >= 11 is 0. The fourth-order valence-electron chi connectivity index (χ4n) is 3.21. The van der Waals surface area contributed by atoms with E-state index in [2.05, 4.69) is 5.32 Å². The Bertz CT molecular complexity index is 873. The summed E-state index contributed by atoms with van der Waals surface area (Å²) in [7, 11) is 0. The molecule has 0 radical (unpaired) electrons. The minimum Gasteiger partial charge on any atom is -0.339 e. The zero-order valence-electron chi connectivity index (χ0n) is 15.1. The first kappa shape index (κ1) is 18.8. The van der Waals surface area contributed by atoms with E-state index in [4.69, 9.17) is 0 Å². The molecule has 0 aliphatic carbocycles. The van der Waals surface area contributed by atoms with Gasteiger partial charge in [0.15, 0.2) is 5.78 Å². The number of nitrogens with zero attached hydrogens (tertiary/aromatic N) is 1. The molecule has 1 heterocycles.